The van der Waals surface area contributed by atoms with E-state index in [4.69, 9.17) is 4.74 Å². The summed E-state index contributed by atoms with van der Waals surface area (Å²) in [5, 5.41) is 7.60. The van der Waals surface area contributed by atoms with E-state index in [2.05, 4.69) is 20.2 Å². The summed E-state index contributed by atoms with van der Waals surface area (Å²) in [6.07, 6.45) is 4.58. The van der Waals surface area contributed by atoms with Gasteiger partial charge in [-0.3, -0.25) is 14.9 Å². The molecule has 3 rings (SSSR count). The molecule has 25 heavy (non-hydrogen) atoms. The van der Waals surface area contributed by atoms with Crippen molar-refractivity contribution < 1.29 is 9.53 Å². The second kappa shape index (κ2) is 8.96. The van der Waals surface area contributed by atoms with Crippen molar-refractivity contribution in [3.8, 4) is 0 Å². The molecule has 0 spiro atoms. The number of nitrogens with zero attached hydrogens (tertiary/aromatic N) is 4. The predicted octanol–water partition coefficient (Wildman–Crippen LogP) is 2.06. The van der Waals surface area contributed by atoms with Crippen LogP contribution in [0.4, 0.5) is 0 Å². The zero-order chi connectivity index (χ0) is 17.5. The molecule has 1 aliphatic rings. The van der Waals surface area contributed by atoms with Crippen LogP contribution in [0.3, 0.4) is 0 Å². The topological polar surface area (TPSA) is 84.0 Å². The van der Waals surface area contributed by atoms with Crippen LogP contribution in [0, 0.1) is 0 Å². The average molecular weight is 361 g/mol. The number of hydrogen-bond acceptors (Lipinski definition) is 6. The Hall–Kier alpha value is -1.93. The number of pyridine rings is 1. The van der Waals surface area contributed by atoms with Crippen LogP contribution in [0.1, 0.15) is 31.3 Å². The second-order valence-electron chi connectivity index (χ2n) is 5.94. The van der Waals surface area contributed by atoms with Crippen LogP contribution in [-0.2, 0) is 22.6 Å². The summed E-state index contributed by atoms with van der Waals surface area (Å²) in [6.45, 7) is 3.93. The van der Waals surface area contributed by atoms with Gasteiger partial charge >= 0.3 is 0 Å². The monoisotopic (exact) mass is 361 g/mol. The van der Waals surface area contributed by atoms with Gasteiger partial charge in [0, 0.05) is 25.7 Å². The lowest BCUT2D eigenvalue weighted by atomic mass is 10.1. The van der Waals surface area contributed by atoms with Crippen LogP contribution in [0.15, 0.2) is 29.6 Å². The molecule has 0 unspecified atom stereocenters. The summed E-state index contributed by atoms with van der Waals surface area (Å²) in [5.41, 5.74) is 0.915. The molecule has 3 heterocycles. The minimum atomic E-state index is 0.0694. The third-order valence-corrected chi connectivity index (χ3v) is 4.93. The van der Waals surface area contributed by atoms with Crippen molar-refractivity contribution in [3.05, 3.63) is 35.9 Å². The first kappa shape index (κ1) is 17.9. The molecule has 1 fully saturated rings. The van der Waals surface area contributed by atoms with Crippen molar-refractivity contribution in [3.63, 3.8) is 0 Å². The summed E-state index contributed by atoms with van der Waals surface area (Å²) in [5.74, 6) is 1.31. The largest absolute Gasteiger partial charge is 0.370 e. The SMILES string of the molecule is CCc1nc(SCC(=O)N2CCC[C@H](OCc3ccccn3)C2)n[nH]1. The molecule has 1 saturated heterocycles. The Labute approximate surface area is 151 Å². The standard InChI is InChI=1S/C17H23N5O2S/c1-2-15-19-17(21-20-15)25-12-16(23)22-9-5-7-14(10-22)24-11-13-6-3-4-8-18-13/h3-4,6,8,14H,2,5,7,9-12H2,1H3,(H,19,20,21)/t14-/m0/s1. The van der Waals surface area contributed by atoms with E-state index in [0.717, 1.165) is 37.3 Å². The van der Waals surface area contributed by atoms with Crippen molar-refractivity contribution >= 4 is 17.7 Å². The summed E-state index contributed by atoms with van der Waals surface area (Å²) >= 11 is 1.37. The van der Waals surface area contributed by atoms with E-state index in [1.165, 1.54) is 11.8 Å². The van der Waals surface area contributed by atoms with E-state index >= 15 is 0 Å². The number of aromatic nitrogens is 4. The number of likely N-dealkylation sites (tertiary alicyclic amines) is 1. The van der Waals surface area contributed by atoms with Crippen molar-refractivity contribution in [1.82, 2.24) is 25.1 Å². The quantitative estimate of drug-likeness (QED) is 0.760. The summed E-state index contributed by atoms with van der Waals surface area (Å²) in [4.78, 5) is 22.9. The Bertz CT molecular complexity index is 679. The minimum Gasteiger partial charge on any atom is -0.370 e. The first-order valence-corrected chi connectivity index (χ1v) is 9.56. The maximum atomic E-state index is 12.4. The number of ether oxygens (including phenoxy) is 1. The molecule has 0 saturated carbocycles. The zero-order valence-corrected chi connectivity index (χ0v) is 15.2. The molecule has 0 bridgehead atoms. The Morgan fingerprint density at radius 2 is 2.40 bits per heavy atom. The van der Waals surface area contributed by atoms with Gasteiger partial charge in [-0.1, -0.05) is 24.8 Å². The van der Waals surface area contributed by atoms with E-state index in [-0.39, 0.29) is 12.0 Å². The number of aromatic amines is 1. The lowest BCUT2D eigenvalue weighted by Crippen LogP contribution is -2.44. The molecule has 8 heteroatoms. The van der Waals surface area contributed by atoms with Crippen molar-refractivity contribution in [1.29, 1.82) is 0 Å². The van der Waals surface area contributed by atoms with Crippen LogP contribution in [0.5, 0.6) is 0 Å². The van der Waals surface area contributed by atoms with E-state index in [0.29, 0.717) is 24.1 Å². The van der Waals surface area contributed by atoms with Gasteiger partial charge in [0.2, 0.25) is 11.1 Å². The highest BCUT2D eigenvalue weighted by Crippen LogP contribution is 2.18. The van der Waals surface area contributed by atoms with E-state index in [9.17, 15) is 4.79 Å². The molecule has 0 radical (unpaired) electrons. The molecule has 134 valence electrons. The molecule has 2 aromatic rings. The van der Waals surface area contributed by atoms with Gasteiger partial charge < -0.3 is 9.64 Å². The van der Waals surface area contributed by atoms with Gasteiger partial charge in [-0.2, -0.15) is 0 Å². The number of piperidine rings is 1. The fourth-order valence-electron chi connectivity index (χ4n) is 2.71. The number of carbonyl (C=O) groups excluding carboxylic acids is 1. The first-order chi connectivity index (χ1) is 12.2. The first-order valence-electron chi connectivity index (χ1n) is 8.58. The van der Waals surface area contributed by atoms with Crippen LogP contribution < -0.4 is 0 Å². The summed E-state index contributed by atoms with van der Waals surface area (Å²) < 4.78 is 5.94. The lowest BCUT2D eigenvalue weighted by Gasteiger charge is -2.32. The van der Waals surface area contributed by atoms with Crippen molar-refractivity contribution in [2.45, 2.75) is 44.1 Å². The van der Waals surface area contributed by atoms with E-state index in [1.54, 1.807) is 6.20 Å². The fraction of sp³-hybridized carbons (Fsp3) is 0.529. The van der Waals surface area contributed by atoms with Gasteiger partial charge in [-0.05, 0) is 25.0 Å². The number of rotatable bonds is 7. The smallest absolute Gasteiger partial charge is 0.233 e. The van der Waals surface area contributed by atoms with Gasteiger partial charge in [-0.25, -0.2) is 4.98 Å². The predicted molar refractivity (Wildman–Crippen MR) is 95.1 cm³/mol. The van der Waals surface area contributed by atoms with Crippen LogP contribution in [0.2, 0.25) is 0 Å². The second-order valence-corrected chi connectivity index (χ2v) is 6.89. The molecule has 1 N–H and O–H groups in total. The molecular formula is C17H23N5O2S. The fourth-order valence-corrected chi connectivity index (χ4v) is 3.43. The maximum absolute atomic E-state index is 12.4. The molecule has 1 aliphatic heterocycles. The summed E-state index contributed by atoms with van der Waals surface area (Å²) in [6, 6.07) is 5.79. The van der Waals surface area contributed by atoms with Crippen molar-refractivity contribution in [2.24, 2.45) is 0 Å². The van der Waals surface area contributed by atoms with Gasteiger partial charge in [0.25, 0.3) is 0 Å². The number of carbonyl (C=O) groups is 1. The van der Waals surface area contributed by atoms with Crippen LogP contribution in [-0.4, -0.2) is 55.9 Å². The van der Waals surface area contributed by atoms with Crippen LogP contribution >= 0.6 is 11.8 Å². The third-order valence-electron chi connectivity index (χ3n) is 4.09. The Kier molecular flexibility index (Phi) is 6.41. The van der Waals surface area contributed by atoms with Crippen molar-refractivity contribution in [2.75, 3.05) is 18.8 Å². The average Bonchev–Trinajstić information content (AvgIpc) is 3.14. The molecule has 1 atom stereocenters. The number of thioether (sulfide) groups is 1. The number of amides is 1. The zero-order valence-electron chi connectivity index (χ0n) is 14.4. The molecular weight excluding hydrogens is 338 g/mol. The van der Waals surface area contributed by atoms with E-state index in [1.807, 2.05) is 30.0 Å². The third kappa shape index (κ3) is 5.27. The Morgan fingerprint density at radius 3 is 3.16 bits per heavy atom. The van der Waals surface area contributed by atoms with Gasteiger partial charge in [-0.15, -0.1) is 5.10 Å². The normalized spacial score (nSPS) is 17.6. The highest BCUT2D eigenvalue weighted by molar-refractivity contribution is 7.99. The molecule has 2 aromatic heterocycles. The molecule has 0 aromatic carbocycles. The highest BCUT2D eigenvalue weighted by atomic mass is 32.2. The minimum absolute atomic E-state index is 0.0694. The number of hydrogen-bond donors (Lipinski definition) is 1. The lowest BCUT2D eigenvalue weighted by molar-refractivity contribution is -0.132. The summed E-state index contributed by atoms with van der Waals surface area (Å²) in [7, 11) is 0. The molecule has 1 amide bonds. The van der Waals surface area contributed by atoms with Gasteiger partial charge in [0.05, 0.1) is 24.2 Å². The molecule has 7 nitrogen and oxygen atoms in total. The number of aryl methyl sites for hydroxylation is 1. The van der Waals surface area contributed by atoms with Crippen LogP contribution in [0.25, 0.3) is 0 Å². The van der Waals surface area contributed by atoms with Gasteiger partial charge in [0.1, 0.15) is 5.82 Å². The number of H-pyrrole nitrogens is 1. The Balaban J connectivity index is 1.44. The van der Waals surface area contributed by atoms with Gasteiger partial charge in [0.15, 0.2) is 0 Å². The Morgan fingerprint density at radius 1 is 1.48 bits per heavy atom. The number of nitrogens with one attached hydrogen (secondary N) is 1. The highest BCUT2D eigenvalue weighted by Gasteiger charge is 2.24. The van der Waals surface area contributed by atoms with E-state index < -0.39 is 0 Å². The maximum Gasteiger partial charge on any atom is 0.233 e. The molecule has 0 aliphatic carbocycles.